The lowest BCUT2D eigenvalue weighted by atomic mass is 9.78. The van der Waals surface area contributed by atoms with Crippen molar-refractivity contribution in [3.8, 4) is 0 Å². The molecule has 6 nitrogen and oxygen atoms in total. The lowest BCUT2D eigenvalue weighted by Crippen LogP contribution is -2.59. The van der Waals surface area contributed by atoms with Gasteiger partial charge in [-0.05, 0) is 25.3 Å². The first-order valence-corrected chi connectivity index (χ1v) is 7.42. The van der Waals surface area contributed by atoms with Gasteiger partial charge in [-0.3, -0.25) is 4.79 Å². The first kappa shape index (κ1) is 15.3. The van der Waals surface area contributed by atoms with Crippen molar-refractivity contribution in [1.29, 1.82) is 0 Å². The normalized spacial score (nSPS) is 29.6. The molecular weight excluding hydrogens is 260 g/mol. The number of rotatable bonds is 4. The highest BCUT2D eigenvalue weighted by Crippen LogP contribution is 2.31. The van der Waals surface area contributed by atoms with E-state index in [1.165, 1.54) is 0 Å². The Morgan fingerprint density at radius 2 is 1.90 bits per heavy atom. The van der Waals surface area contributed by atoms with Crippen LogP contribution >= 0.6 is 0 Å². The minimum absolute atomic E-state index is 0.146. The molecule has 1 aliphatic heterocycles. The predicted molar refractivity (Wildman–Crippen MR) is 73.1 cm³/mol. The minimum atomic E-state index is -1.16. The van der Waals surface area contributed by atoms with Crippen molar-refractivity contribution in [2.24, 2.45) is 17.6 Å². The van der Waals surface area contributed by atoms with Crippen LogP contribution in [0.3, 0.4) is 0 Å². The molecule has 114 valence electrons. The van der Waals surface area contributed by atoms with E-state index in [9.17, 15) is 14.7 Å². The summed E-state index contributed by atoms with van der Waals surface area (Å²) in [5.74, 6) is -1.08. The Kier molecular flexibility index (Phi) is 4.99. The topological polar surface area (TPSA) is 102 Å². The maximum atomic E-state index is 12.5. The van der Waals surface area contributed by atoms with E-state index in [1.807, 2.05) is 0 Å². The summed E-state index contributed by atoms with van der Waals surface area (Å²) in [6.45, 7) is 1.23. The number of ether oxygens (including phenoxy) is 1. The molecule has 4 N–H and O–H groups in total. The molecule has 0 bridgehead atoms. The Morgan fingerprint density at radius 3 is 2.50 bits per heavy atom. The minimum Gasteiger partial charge on any atom is -0.480 e. The van der Waals surface area contributed by atoms with Crippen molar-refractivity contribution in [2.75, 3.05) is 19.8 Å². The highest BCUT2D eigenvalue weighted by atomic mass is 16.5. The number of carbonyl (C=O) groups excluding carboxylic acids is 1. The zero-order chi connectivity index (χ0) is 14.6. The highest BCUT2D eigenvalue weighted by Gasteiger charge is 2.43. The van der Waals surface area contributed by atoms with Crippen LogP contribution in [-0.4, -0.2) is 42.3 Å². The van der Waals surface area contributed by atoms with Gasteiger partial charge < -0.3 is 20.9 Å². The Labute approximate surface area is 119 Å². The van der Waals surface area contributed by atoms with Gasteiger partial charge in [-0.2, -0.15) is 0 Å². The monoisotopic (exact) mass is 284 g/mol. The first-order chi connectivity index (χ1) is 9.59. The molecule has 2 rings (SSSR count). The highest BCUT2D eigenvalue weighted by molar-refractivity contribution is 5.88. The summed E-state index contributed by atoms with van der Waals surface area (Å²) in [5.41, 5.74) is 4.58. The van der Waals surface area contributed by atoms with Gasteiger partial charge >= 0.3 is 5.97 Å². The lowest BCUT2D eigenvalue weighted by molar-refractivity contribution is -0.153. The van der Waals surface area contributed by atoms with Gasteiger partial charge in [0.2, 0.25) is 5.91 Å². The van der Waals surface area contributed by atoms with Gasteiger partial charge in [0.15, 0.2) is 0 Å². The van der Waals surface area contributed by atoms with Crippen LogP contribution in [0.4, 0.5) is 0 Å². The summed E-state index contributed by atoms with van der Waals surface area (Å²) >= 11 is 0. The molecule has 0 aromatic carbocycles. The fraction of sp³-hybridized carbons (Fsp3) is 0.857. The molecule has 1 amide bonds. The summed E-state index contributed by atoms with van der Waals surface area (Å²) in [6, 6.07) is 0. The van der Waals surface area contributed by atoms with E-state index in [4.69, 9.17) is 10.5 Å². The van der Waals surface area contributed by atoms with Crippen molar-refractivity contribution in [3.63, 3.8) is 0 Å². The van der Waals surface area contributed by atoms with E-state index in [0.29, 0.717) is 32.6 Å². The van der Waals surface area contributed by atoms with Crippen LogP contribution in [0.2, 0.25) is 0 Å². The molecule has 1 aliphatic carbocycles. The number of carboxylic acid groups (broad SMARTS) is 1. The number of nitrogens with one attached hydrogen (secondary N) is 1. The van der Waals surface area contributed by atoms with Crippen LogP contribution in [0.5, 0.6) is 0 Å². The maximum absolute atomic E-state index is 12.5. The molecule has 1 heterocycles. The molecule has 6 heteroatoms. The molecule has 2 fully saturated rings. The van der Waals surface area contributed by atoms with E-state index in [0.717, 1.165) is 25.7 Å². The van der Waals surface area contributed by atoms with Crippen molar-refractivity contribution in [2.45, 2.75) is 44.1 Å². The zero-order valence-corrected chi connectivity index (χ0v) is 11.8. The van der Waals surface area contributed by atoms with Crippen molar-refractivity contribution in [1.82, 2.24) is 5.32 Å². The SMILES string of the molecule is NCC1CCCCC1C(=O)NC1(C(=O)O)CCOCC1. The molecule has 0 aromatic heterocycles. The first-order valence-electron chi connectivity index (χ1n) is 7.42. The summed E-state index contributed by atoms with van der Waals surface area (Å²) in [4.78, 5) is 24.0. The fourth-order valence-corrected chi connectivity index (χ4v) is 3.28. The number of carboxylic acids is 1. The Morgan fingerprint density at radius 1 is 1.25 bits per heavy atom. The Balaban J connectivity index is 2.05. The molecule has 1 saturated heterocycles. The number of nitrogens with two attached hydrogens (primary N) is 1. The quantitative estimate of drug-likeness (QED) is 0.698. The number of aliphatic carboxylic acids is 1. The van der Waals surface area contributed by atoms with Crippen molar-refractivity contribution in [3.05, 3.63) is 0 Å². The van der Waals surface area contributed by atoms with E-state index in [-0.39, 0.29) is 17.7 Å². The van der Waals surface area contributed by atoms with Crippen molar-refractivity contribution < 1.29 is 19.4 Å². The van der Waals surface area contributed by atoms with E-state index < -0.39 is 11.5 Å². The van der Waals surface area contributed by atoms with Gasteiger partial charge in [-0.1, -0.05) is 12.8 Å². The second-order valence-electron chi connectivity index (χ2n) is 5.88. The average molecular weight is 284 g/mol. The van der Waals surface area contributed by atoms with E-state index in [2.05, 4.69) is 5.32 Å². The molecule has 2 unspecified atom stereocenters. The van der Waals surface area contributed by atoms with E-state index >= 15 is 0 Å². The number of carbonyl (C=O) groups is 2. The molecule has 20 heavy (non-hydrogen) atoms. The molecule has 2 atom stereocenters. The van der Waals surface area contributed by atoms with Crippen molar-refractivity contribution >= 4 is 11.9 Å². The summed E-state index contributed by atoms with van der Waals surface area (Å²) < 4.78 is 5.21. The smallest absolute Gasteiger partial charge is 0.329 e. The van der Waals surface area contributed by atoms with Crippen LogP contribution in [0, 0.1) is 11.8 Å². The summed E-state index contributed by atoms with van der Waals surface area (Å²) in [6.07, 6.45) is 4.53. The Hall–Kier alpha value is -1.14. The maximum Gasteiger partial charge on any atom is 0.329 e. The van der Waals surface area contributed by atoms with Crippen LogP contribution in [0.25, 0.3) is 0 Å². The number of amides is 1. The van der Waals surface area contributed by atoms with Gasteiger partial charge in [-0.15, -0.1) is 0 Å². The molecular formula is C14H24N2O4. The number of hydrogen-bond acceptors (Lipinski definition) is 4. The predicted octanol–water partition coefficient (Wildman–Crippen LogP) is 0.502. The third kappa shape index (κ3) is 3.12. The van der Waals surface area contributed by atoms with Gasteiger partial charge in [0, 0.05) is 32.0 Å². The summed E-state index contributed by atoms with van der Waals surface area (Å²) in [7, 11) is 0. The molecule has 2 aliphatic rings. The third-order valence-electron chi connectivity index (χ3n) is 4.67. The Bertz CT molecular complexity index is 366. The van der Waals surface area contributed by atoms with Crippen LogP contribution in [-0.2, 0) is 14.3 Å². The third-order valence-corrected chi connectivity index (χ3v) is 4.67. The molecule has 0 spiro atoms. The van der Waals surface area contributed by atoms with E-state index in [1.54, 1.807) is 0 Å². The summed E-state index contributed by atoms with van der Waals surface area (Å²) in [5, 5.41) is 12.3. The second-order valence-corrected chi connectivity index (χ2v) is 5.88. The van der Waals surface area contributed by atoms with Crippen LogP contribution in [0.15, 0.2) is 0 Å². The van der Waals surface area contributed by atoms with Gasteiger partial charge in [0.05, 0.1) is 0 Å². The standard InChI is InChI=1S/C14H24N2O4/c15-9-10-3-1-2-4-11(10)12(17)16-14(13(18)19)5-7-20-8-6-14/h10-11H,1-9,15H2,(H,16,17)(H,18,19). The second kappa shape index (κ2) is 6.54. The van der Waals surface area contributed by atoms with Crippen LogP contribution in [0.1, 0.15) is 38.5 Å². The van der Waals surface area contributed by atoms with Gasteiger partial charge in [0.1, 0.15) is 5.54 Å². The zero-order valence-electron chi connectivity index (χ0n) is 11.8. The molecule has 0 aromatic rings. The number of hydrogen-bond donors (Lipinski definition) is 3. The van der Waals surface area contributed by atoms with Gasteiger partial charge in [0.25, 0.3) is 0 Å². The fourth-order valence-electron chi connectivity index (χ4n) is 3.28. The average Bonchev–Trinajstić information content (AvgIpc) is 2.48. The van der Waals surface area contributed by atoms with Crippen LogP contribution < -0.4 is 11.1 Å². The molecule has 1 saturated carbocycles. The lowest BCUT2D eigenvalue weighted by Gasteiger charge is -2.37. The largest absolute Gasteiger partial charge is 0.480 e. The molecule has 0 radical (unpaired) electrons. The van der Waals surface area contributed by atoms with Gasteiger partial charge in [-0.25, -0.2) is 4.79 Å².